The summed E-state index contributed by atoms with van der Waals surface area (Å²) in [6, 6.07) is -0.581. The fraction of sp³-hybridized carbons (Fsp3) is 0.714. The van der Waals surface area contributed by atoms with Crippen LogP contribution in [0.1, 0.15) is 61.5 Å². The molecule has 32 heavy (non-hydrogen) atoms. The SMILES string of the molecule is Cc1nn(C2CCS(=O)(=O)C2)c(C)c1CN(C)C(=O)CCN1C(=O)NC2(CCCC2)C1=O. The van der Waals surface area contributed by atoms with Gasteiger partial charge < -0.3 is 10.2 Å². The molecule has 1 N–H and O–H groups in total. The first-order valence-electron chi connectivity index (χ1n) is 11.2. The molecule has 0 radical (unpaired) electrons. The van der Waals surface area contributed by atoms with Crippen molar-refractivity contribution in [2.24, 2.45) is 0 Å². The Hall–Kier alpha value is -2.43. The molecule has 1 saturated carbocycles. The highest BCUT2D eigenvalue weighted by Gasteiger charge is 2.52. The molecule has 1 aromatic rings. The van der Waals surface area contributed by atoms with E-state index in [1.807, 2.05) is 13.8 Å². The molecule has 3 heterocycles. The zero-order chi connectivity index (χ0) is 23.3. The number of carbonyl (C=O) groups excluding carboxylic acids is 3. The first kappa shape index (κ1) is 22.8. The molecule has 1 aliphatic carbocycles. The Balaban J connectivity index is 1.37. The maximum atomic E-state index is 12.8. The van der Waals surface area contributed by atoms with E-state index < -0.39 is 21.4 Å². The van der Waals surface area contributed by atoms with E-state index in [4.69, 9.17) is 0 Å². The van der Waals surface area contributed by atoms with Crippen molar-refractivity contribution in [2.75, 3.05) is 25.1 Å². The second-order valence-corrected chi connectivity index (χ2v) is 11.6. The minimum absolute atomic E-state index is 0.0544. The number of urea groups is 1. The van der Waals surface area contributed by atoms with Gasteiger partial charge in [0, 0.05) is 37.8 Å². The van der Waals surface area contributed by atoms with Crippen LogP contribution in [0.3, 0.4) is 0 Å². The van der Waals surface area contributed by atoms with Crippen LogP contribution in [0.2, 0.25) is 0 Å². The third-order valence-electron chi connectivity index (χ3n) is 7.10. The number of aromatic nitrogens is 2. The monoisotopic (exact) mass is 465 g/mol. The van der Waals surface area contributed by atoms with Crippen LogP contribution >= 0.6 is 0 Å². The Morgan fingerprint density at radius 3 is 2.56 bits per heavy atom. The van der Waals surface area contributed by atoms with Crippen molar-refractivity contribution in [1.29, 1.82) is 0 Å². The van der Waals surface area contributed by atoms with Crippen molar-refractivity contribution < 1.29 is 22.8 Å². The van der Waals surface area contributed by atoms with Gasteiger partial charge >= 0.3 is 6.03 Å². The highest BCUT2D eigenvalue weighted by atomic mass is 32.2. The predicted octanol–water partition coefficient (Wildman–Crippen LogP) is 1.07. The van der Waals surface area contributed by atoms with Gasteiger partial charge in [0.1, 0.15) is 5.54 Å². The summed E-state index contributed by atoms with van der Waals surface area (Å²) in [5.41, 5.74) is 1.76. The van der Waals surface area contributed by atoms with E-state index in [1.165, 1.54) is 4.90 Å². The van der Waals surface area contributed by atoms with Crippen LogP contribution in [-0.4, -0.2) is 76.5 Å². The normalized spacial score (nSPS) is 23.8. The number of amides is 4. The van der Waals surface area contributed by atoms with E-state index in [-0.39, 0.29) is 42.3 Å². The lowest BCUT2D eigenvalue weighted by Gasteiger charge is -2.21. The highest BCUT2D eigenvalue weighted by molar-refractivity contribution is 7.91. The second kappa shape index (κ2) is 8.17. The lowest BCUT2D eigenvalue weighted by atomic mass is 9.98. The largest absolute Gasteiger partial charge is 0.341 e. The highest BCUT2D eigenvalue weighted by Crippen LogP contribution is 2.35. The van der Waals surface area contributed by atoms with Gasteiger partial charge in [-0.1, -0.05) is 12.8 Å². The van der Waals surface area contributed by atoms with Crippen molar-refractivity contribution in [2.45, 2.75) is 70.5 Å². The molecule has 2 saturated heterocycles. The molecule has 0 aromatic carbocycles. The lowest BCUT2D eigenvalue weighted by Crippen LogP contribution is -2.44. The molecule has 3 fully saturated rings. The summed E-state index contributed by atoms with van der Waals surface area (Å²) in [6.45, 7) is 4.15. The number of nitrogens with one attached hydrogen (secondary N) is 1. The number of carbonyl (C=O) groups is 3. The zero-order valence-electron chi connectivity index (χ0n) is 18.9. The van der Waals surface area contributed by atoms with Crippen LogP contribution < -0.4 is 5.32 Å². The number of nitrogens with zero attached hydrogens (tertiary/aromatic N) is 4. The average molecular weight is 466 g/mol. The minimum Gasteiger partial charge on any atom is -0.341 e. The van der Waals surface area contributed by atoms with Gasteiger partial charge in [-0.3, -0.25) is 19.2 Å². The van der Waals surface area contributed by atoms with Crippen molar-refractivity contribution in [1.82, 2.24) is 24.9 Å². The number of rotatable bonds is 6. The van der Waals surface area contributed by atoms with Gasteiger partial charge in [0.25, 0.3) is 5.91 Å². The van der Waals surface area contributed by atoms with Crippen molar-refractivity contribution in [3.63, 3.8) is 0 Å². The van der Waals surface area contributed by atoms with Crippen LogP contribution in [0, 0.1) is 13.8 Å². The molecule has 1 unspecified atom stereocenters. The summed E-state index contributed by atoms with van der Waals surface area (Å²) < 4.78 is 25.5. The van der Waals surface area contributed by atoms with Crippen LogP contribution in [0.4, 0.5) is 4.79 Å². The number of hydrogen-bond acceptors (Lipinski definition) is 6. The first-order chi connectivity index (χ1) is 15.0. The van der Waals surface area contributed by atoms with Crippen molar-refractivity contribution in [3.05, 3.63) is 17.0 Å². The summed E-state index contributed by atoms with van der Waals surface area (Å²) in [5.74, 6) is -0.118. The molecular weight excluding hydrogens is 434 g/mol. The van der Waals surface area contributed by atoms with Gasteiger partial charge in [-0.25, -0.2) is 13.2 Å². The zero-order valence-corrected chi connectivity index (χ0v) is 19.7. The number of imide groups is 1. The Bertz CT molecular complexity index is 1060. The third-order valence-corrected chi connectivity index (χ3v) is 8.85. The Morgan fingerprint density at radius 1 is 1.25 bits per heavy atom. The van der Waals surface area contributed by atoms with E-state index >= 15 is 0 Å². The van der Waals surface area contributed by atoms with Gasteiger partial charge in [-0.05, 0) is 33.1 Å². The fourth-order valence-electron chi connectivity index (χ4n) is 5.17. The van der Waals surface area contributed by atoms with Gasteiger partial charge in [0.05, 0.1) is 23.2 Å². The molecule has 2 aliphatic heterocycles. The van der Waals surface area contributed by atoms with Crippen LogP contribution in [0.5, 0.6) is 0 Å². The molecule has 4 rings (SSSR count). The van der Waals surface area contributed by atoms with E-state index in [9.17, 15) is 22.8 Å². The van der Waals surface area contributed by atoms with E-state index in [0.717, 1.165) is 29.8 Å². The number of sulfone groups is 1. The third kappa shape index (κ3) is 4.02. The topological polar surface area (TPSA) is 122 Å². The molecule has 1 aromatic heterocycles. The first-order valence-corrected chi connectivity index (χ1v) is 13.0. The lowest BCUT2D eigenvalue weighted by molar-refractivity contribution is -0.133. The summed E-state index contributed by atoms with van der Waals surface area (Å²) in [4.78, 5) is 40.5. The van der Waals surface area contributed by atoms with Gasteiger partial charge in [-0.2, -0.15) is 5.10 Å². The minimum atomic E-state index is -3.02. The van der Waals surface area contributed by atoms with Crippen LogP contribution in [0.15, 0.2) is 0 Å². The van der Waals surface area contributed by atoms with Crippen LogP contribution in [-0.2, 0) is 26.0 Å². The van der Waals surface area contributed by atoms with E-state index in [0.29, 0.717) is 25.8 Å². The molecule has 11 heteroatoms. The quantitative estimate of drug-likeness (QED) is 0.627. The summed E-state index contributed by atoms with van der Waals surface area (Å²) >= 11 is 0. The Morgan fingerprint density at radius 2 is 1.94 bits per heavy atom. The molecule has 1 spiro atoms. The standard InChI is InChI=1S/C21H31N5O5S/c1-14-17(15(2)26(23-14)16-7-11-32(30,31)13-16)12-24(3)18(27)6-10-25-19(28)21(22-20(25)29)8-4-5-9-21/h16H,4-13H2,1-3H3,(H,22,29). The summed E-state index contributed by atoms with van der Waals surface area (Å²) in [7, 11) is -1.34. The molecule has 3 aliphatic rings. The average Bonchev–Trinajstić information content (AvgIpc) is 3.46. The van der Waals surface area contributed by atoms with Gasteiger partial charge in [0.15, 0.2) is 9.84 Å². The maximum Gasteiger partial charge on any atom is 0.325 e. The molecular formula is C21H31N5O5S. The second-order valence-electron chi connectivity index (χ2n) is 9.33. The van der Waals surface area contributed by atoms with Gasteiger partial charge in [0.2, 0.25) is 5.91 Å². The predicted molar refractivity (Wildman–Crippen MR) is 117 cm³/mol. The van der Waals surface area contributed by atoms with Gasteiger partial charge in [-0.15, -0.1) is 0 Å². The summed E-state index contributed by atoms with van der Waals surface area (Å²) in [6.07, 6.45) is 3.76. The Kier molecular flexibility index (Phi) is 5.81. The number of aryl methyl sites for hydroxylation is 1. The Labute approximate surface area is 188 Å². The van der Waals surface area contributed by atoms with E-state index in [2.05, 4.69) is 10.4 Å². The van der Waals surface area contributed by atoms with E-state index in [1.54, 1.807) is 16.6 Å². The van der Waals surface area contributed by atoms with Crippen molar-refractivity contribution in [3.8, 4) is 0 Å². The maximum absolute atomic E-state index is 12.8. The molecule has 10 nitrogen and oxygen atoms in total. The number of hydrogen-bond donors (Lipinski definition) is 1. The summed E-state index contributed by atoms with van der Waals surface area (Å²) in [5, 5.41) is 7.38. The molecule has 176 valence electrons. The smallest absolute Gasteiger partial charge is 0.325 e. The molecule has 4 amide bonds. The fourth-order valence-corrected chi connectivity index (χ4v) is 6.86. The van der Waals surface area contributed by atoms with Crippen LogP contribution in [0.25, 0.3) is 0 Å². The molecule has 1 atom stereocenters. The molecule has 0 bridgehead atoms. The van der Waals surface area contributed by atoms with Crippen molar-refractivity contribution >= 4 is 27.7 Å².